The third kappa shape index (κ3) is 4.30. The topological polar surface area (TPSA) is 191 Å². The predicted octanol–water partition coefficient (Wildman–Crippen LogP) is 1.02. The zero-order valence-electron chi connectivity index (χ0n) is 12.0. The molecular weight excluding hydrogens is 328 g/mol. The Kier molecular flexibility index (Phi) is 5.59. The maximum Gasteiger partial charge on any atom is 0.324 e. The fourth-order valence-corrected chi connectivity index (χ4v) is 1.42. The summed E-state index contributed by atoms with van der Waals surface area (Å²) in [6, 6.07) is 4.32. The van der Waals surface area contributed by atoms with E-state index < -0.39 is 37.6 Å². The summed E-state index contributed by atoms with van der Waals surface area (Å²) >= 11 is 0. The van der Waals surface area contributed by atoms with Gasteiger partial charge in [-0.2, -0.15) is 5.10 Å². The van der Waals surface area contributed by atoms with E-state index in [-0.39, 0.29) is 0 Å². The van der Waals surface area contributed by atoms with E-state index in [2.05, 4.69) is 5.10 Å². The Bertz CT molecular complexity index is 827. The Morgan fingerprint density at radius 3 is 1.88 bits per heavy atom. The third-order valence-electron chi connectivity index (χ3n) is 2.59. The minimum atomic E-state index is -1.21. The van der Waals surface area contributed by atoms with Gasteiger partial charge in [-0.25, -0.2) is 0 Å². The van der Waals surface area contributed by atoms with Crippen LogP contribution in [0.5, 0.6) is 5.75 Å². The van der Waals surface area contributed by atoms with Gasteiger partial charge in [0.15, 0.2) is 0 Å². The fraction of sp³-hybridized carbons (Fsp3) is 0.0909. The molecular formula is C11H10N6O7. The van der Waals surface area contributed by atoms with Gasteiger partial charge in [-0.05, 0) is 12.1 Å². The molecule has 13 heteroatoms. The molecule has 0 bridgehead atoms. The van der Waals surface area contributed by atoms with Crippen molar-refractivity contribution >= 4 is 17.1 Å². The molecule has 0 amide bonds. The summed E-state index contributed by atoms with van der Waals surface area (Å²) in [7, 11) is 1.74. The van der Waals surface area contributed by atoms with E-state index in [0.717, 1.165) is 0 Å². The molecule has 0 aliphatic carbocycles. The zero-order chi connectivity index (χ0) is 18.4. The molecule has 24 heavy (non-hydrogen) atoms. The van der Waals surface area contributed by atoms with Gasteiger partial charge in [-0.15, -0.1) is 0 Å². The summed E-state index contributed by atoms with van der Waals surface area (Å²) in [5.74, 6) is -1.21. The lowest BCUT2D eigenvalue weighted by molar-refractivity contribution is -0.404. The average molecular weight is 338 g/mol. The van der Waals surface area contributed by atoms with Crippen LogP contribution in [0.25, 0.3) is 0 Å². The van der Waals surface area contributed by atoms with Gasteiger partial charge >= 0.3 is 11.4 Å². The number of phenolic OH excluding ortho intramolecular Hbond substituents is 1. The van der Waals surface area contributed by atoms with Gasteiger partial charge in [0, 0.05) is 13.2 Å². The highest BCUT2D eigenvalue weighted by molar-refractivity contribution is 5.64. The number of nitro benzene ring substituents is 3. The Labute approximate surface area is 132 Å². The van der Waals surface area contributed by atoms with Crippen molar-refractivity contribution in [2.45, 2.75) is 0 Å². The molecule has 2 N–H and O–H groups in total. The van der Waals surface area contributed by atoms with Crippen molar-refractivity contribution in [3.05, 3.63) is 66.3 Å². The zero-order valence-corrected chi connectivity index (χ0v) is 12.0. The van der Waals surface area contributed by atoms with E-state index in [4.69, 9.17) is 10.5 Å². The summed E-state index contributed by atoms with van der Waals surface area (Å²) in [6.07, 6.45) is 1.65. The molecule has 0 aliphatic heterocycles. The molecule has 1 aromatic carbocycles. The van der Waals surface area contributed by atoms with Crippen LogP contribution in [-0.4, -0.2) is 29.7 Å². The highest BCUT2D eigenvalue weighted by atomic mass is 16.6. The first-order valence-corrected chi connectivity index (χ1v) is 5.98. The summed E-state index contributed by atoms with van der Waals surface area (Å²) in [4.78, 5) is 27.8. The number of nitro groups is 3. The Balaban J connectivity index is 0.000000300. The largest absolute Gasteiger partial charge is 0.497 e. The molecule has 0 radical (unpaired) electrons. The summed E-state index contributed by atoms with van der Waals surface area (Å²) < 4.78 is 1.50. The van der Waals surface area contributed by atoms with Gasteiger partial charge in [0.05, 0.1) is 26.9 Å². The molecule has 126 valence electrons. The van der Waals surface area contributed by atoms with Gasteiger partial charge in [0.25, 0.3) is 11.4 Å². The van der Waals surface area contributed by atoms with Gasteiger partial charge in [0.2, 0.25) is 0 Å². The number of benzene rings is 1. The molecule has 1 heterocycles. The highest BCUT2D eigenvalue weighted by Crippen LogP contribution is 2.38. The van der Waals surface area contributed by atoms with Gasteiger partial charge in [-0.1, -0.05) is 0 Å². The van der Waals surface area contributed by atoms with Crippen LogP contribution < -0.4 is 5.49 Å². The first kappa shape index (κ1) is 18.1. The Morgan fingerprint density at radius 1 is 1.08 bits per heavy atom. The van der Waals surface area contributed by atoms with E-state index in [1.165, 1.54) is 4.68 Å². The van der Waals surface area contributed by atoms with Crippen LogP contribution in [0, 0.1) is 35.8 Å². The van der Waals surface area contributed by atoms with Crippen molar-refractivity contribution in [2.75, 3.05) is 0 Å². The summed E-state index contributed by atoms with van der Waals surface area (Å²) in [5.41, 5.74) is -2.58. The van der Waals surface area contributed by atoms with E-state index >= 15 is 0 Å². The number of nitrogens with zero attached hydrogens (tertiary/aromatic N) is 5. The number of aryl methyl sites for hydroxylation is 1. The minimum absolute atomic E-state index is 0.424. The maximum atomic E-state index is 10.4. The molecule has 13 nitrogen and oxygen atoms in total. The highest BCUT2D eigenvalue weighted by Gasteiger charge is 2.30. The fourth-order valence-electron chi connectivity index (χ4n) is 1.42. The lowest BCUT2D eigenvalue weighted by atomic mass is 10.2. The second kappa shape index (κ2) is 7.39. The number of phenols is 1. The van der Waals surface area contributed by atoms with Crippen LogP contribution in [0.3, 0.4) is 0 Å². The number of aromatic nitrogens is 2. The van der Waals surface area contributed by atoms with E-state index in [1.54, 1.807) is 25.4 Å². The van der Waals surface area contributed by atoms with Crippen molar-refractivity contribution in [1.82, 2.24) is 9.78 Å². The smallest absolute Gasteiger partial charge is 0.324 e. The predicted molar refractivity (Wildman–Crippen MR) is 77.1 cm³/mol. The number of rotatable bonds is 3. The normalized spacial score (nSPS) is 9.54. The summed E-state index contributed by atoms with van der Waals surface area (Å²) in [6.45, 7) is 0. The first-order chi connectivity index (χ1) is 11.1. The number of non-ortho nitro benzene ring substituents is 1. The number of hydrogen-bond acceptors (Lipinski definition) is 9. The van der Waals surface area contributed by atoms with Gasteiger partial charge < -0.3 is 5.11 Å². The Hall–Kier alpha value is -3.90. The van der Waals surface area contributed by atoms with Crippen LogP contribution in [0.2, 0.25) is 0 Å². The quantitative estimate of drug-likeness (QED) is 0.611. The van der Waals surface area contributed by atoms with E-state index in [9.17, 15) is 30.3 Å². The van der Waals surface area contributed by atoms with Gasteiger partial charge in [0.1, 0.15) is 5.49 Å². The van der Waals surface area contributed by atoms with Crippen molar-refractivity contribution in [2.24, 2.45) is 7.05 Å². The SMILES string of the molecule is Cn1ncccc1=N.O=[N+]([O-])c1cc([N+](=O)[O-])c(O)c([N+](=O)[O-])c1. The lowest BCUT2D eigenvalue weighted by Gasteiger charge is -1.97. The van der Waals surface area contributed by atoms with E-state index in [1.807, 2.05) is 0 Å². The molecule has 0 spiro atoms. The standard InChI is InChI=1S/C6H3N3O7.C5H7N3/c10-6-4(8(13)14)1-3(7(11)12)2-5(6)9(15)16;1-8-5(6)3-2-4-7-8/h1-2,10H;2-4,6H,1H3. The summed E-state index contributed by atoms with van der Waals surface area (Å²) in [5, 5.41) is 51.1. The lowest BCUT2D eigenvalue weighted by Crippen LogP contribution is -2.16. The molecule has 2 aromatic rings. The van der Waals surface area contributed by atoms with Crippen LogP contribution >= 0.6 is 0 Å². The van der Waals surface area contributed by atoms with Crippen molar-refractivity contribution in [3.63, 3.8) is 0 Å². The minimum Gasteiger partial charge on any atom is -0.497 e. The van der Waals surface area contributed by atoms with E-state index in [0.29, 0.717) is 17.6 Å². The van der Waals surface area contributed by atoms with Crippen LogP contribution in [0.15, 0.2) is 30.5 Å². The second-order valence-corrected chi connectivity index (χ2v) is 4.14. The third-order valence-corrected chi connectivity index (χ3v) is 2.59. The monoisotopic (exact) mass is 338 g/mol. The molecule has 0 aliphatic rings. The second-order valence-electron chi connectivity index (χ2n) is 4.14. The maximum absolute atomic E-state index is 10.4. The van der Waals surface area contributed by atoms with Crippen molar-refractivity contribution in [3.8, 4) is 5.75 Å². The molecule has 0 atom stereocenters. The van der Waals surface area contributed by atoms with Crippen molar-refractivity contribution in [1.29, 1.82) is 5.41 Å². The molecule has 0 saturated heterocycles. The molecule has 0 fully saturated rings. The van der Waals surface area contributed by atoms with Crippen LogP contribution in [-0.2, 0) is 7.05 Å². The van der Waals surface area contributed by atoms with Crippen molar-refractivity contribution < 1.29 is 19.9 Å². The number of nitrogens with one attached hydrogen (secondary N) is 1. The number of aromatic hydroxyl groups is 1. The first-order valence-electron chi connectivity index (χ1n) is 5.98. The Morgan fingerprint density at radius 2 is 1.58 bits per heavy atom. The number of hydrogen-bond donors (Lipinski definition) is 2. The van der Waals surface area contributed by atoms with Crippen LogP contribution in [0.4, 0.5) is 17.1 Å². The van der Waals surface area contributed by atoms with Gasteiger partial charge in [-0.3, -0.25) is 40.4 Å². The molecule has 1 aromatic heterocycles. The average Bonchev–Trinajstić information content (AvgIpc) is 2.50. The molecule has 0 unspecified atom stereocenters. The molecule has 2 rings (SSSR count). The van der Waals surface area contributed by atoms with Crippen LogP contribution in [0.1, 0.15) is 0 Å². The molecule has 0 saturated carbocycles.